The fourth-order valence-electron chi connectivity index (χ4n) is 1.16. The molecule has 3 N–H and O–H groups in total. The molecule has 1 amide bonds. The van der Waals surface area contributed by atoms with Crippen LogP contribution in [0.4, 0.5) is 0 Å². The summed E-state index contributed by atoms with van der Waals surface area (Å²) < 4.78 is 0. The number of halogens is 1. The number of carbonyl (C=O) groups is 1. The molecule has 5 nitrogen and oxygen atoms in total. The fraction of sp³-hybridized carbons (Fsp3) is 0.600. The molecule has 0 saturated heterocycles. The highest BCUT2D eigenvalue weighted by atomic mass is 127. The molecule has 1 aliphatic rings. The molecule has 0 spiro atoms. The minimum atomic E-state index is -0.137. The zero-order valence-electron chi connectivity index (χ0n) is 9.48. The van der Waals surface area contributed by atoms with E-state index in [1.165, 1.54) is 0 Å². The minimum Gasteiger partial charge on any atom is -0.370 e. The van der Waals surface area contributed by atoms with Crippen LogP contribution in [-0.2, 0) is 4.79 Å². The maximum Gasteiger partial charge on any atom is 0.242 e. The Morgan fingerprint density at radius 2 is 2.31 bits per heavy atom. The van der Waals surface area contributed by atoms with Gasteiger partial charge in [-0.25, -0.2) is 4.99 Å². The molecule has 0 aliphatic heterocycles. The van der Waals surface area contributed by atoms with Crippen molar-refractivity contribution < 1.29 is 4.79 Å². The van der Waals surface area contributed by atoms with Gasteiger partial charge in [0.05, 0.1) is 0 Å². The Hall–Kier alpha value is -0.790. The number of amides is 1. The third-order valence-electron chi connectivity index (χ3n) is 2.28. The number of nitrogens with zero attached hydrogens (tertiary/aromatic N) is 2. The topological polar surface area (TPSA) is 70.7 Å². The van der Waals surface area contributed by atoms with Gasteiger partial charge in [-0.1, -0.05) is 6.08 Å². The van der Waals surface area contributed by atoms with Crippen LogP contribution < -0.4 is 11.1 Å². The van der Waals surface area contributed by atoms with Crippen molar-refractivity contribution in [3.63, 3.8) is 0 Å². The first-order valence-corrected chi connectivity index (χ1v) is 5.05. The van der Waals surface area contributed by atoms with E-state index in [4.69, 9.17) is 5.73 Å². The van der Waals surface area contributed by atoms with Crippen molar-refractivity contribution in [3.05, 3.63) is 12.7 Å². The summed E-state index contributed by atoms with van der Waals surface area (Å²) in [5, 5.41) is 2.63. The molecule has 6 heteroatoms. The fourth-order valence-corrected chi connectivity index (χ4v) is 1.16. The van der Waals surface area contributed by atoms with Gasteiger partial charge in [0.15, 0.2) is 5.96 Å². The molecule has 16 heavy (non-hydrogen) atoms. The number of rotatable bonds is 5. The van der Waals surface area contributed by atoms with E-state index in [0.717, 1.165) is 12.8 Å². The Morgan fingerprint density at radius 1 is 1.69 bits per heavy atom. The van der Waals surface area contributed by atoms with E-state index in [1.807, 2.05) is 11.9 Å². The zero-order valence-corrected chi connectivity index (χ0v) is 11.8. The molecule has 0 atom stereocenters. The number of nitrogens with two attached hydrogens (primary N) is 1. The molecule has 0 bridgehead atoms. The molecular formula is C10H19IN4O. The molecule has 0 radical (unpaired) electrons. The van der Waals surface area contributed by atoms with Crippen molar-refractivity contribution in [2.24, 2.45) is 10.7 Å². The second-order valence-electron chi connectivity index (χ2n) is 3.61. The van der Waals surface area contributed by atoms with E-state index in [0.29, 0.717) is 18.5 Å². The summed E-state index contributed by atoms with van der Waals surface area (Å²) in [6.07, 6.45) is 3.95. The Balaban J connectivity index is 0.00000225. The summed E-state index contributed by atoms with van der Waals surface area (Å²) in [6.45, 7) is 4.05. The summed E-state index contributed by atoms with van der Waals surface area (Å²) in [5.74, 6) is 0.299. The summed E-state index contributed by atoms with van der Waals surface area (Å²) >= 11 is 0. The van der Waals surface area contributed by atoms with Crippen LogP contribution in [0.25, 0.3) is 0 Å². The van der Waals surface area contributed by atoms with E-state index < -0.39 is 0 Å². The molecule has 0 heterocycles. The highest BCUT2D eigenvalue weighted by Crippen LogP contribution is 2.24. The first-order valence-electron chi connectivity index (χ1n) is 5.05. The highest BCUT2D eigenvalue weighted by molar-refractivity contribution is 14.0. The smallest absolute Gasteiger partial charge is 0.242 e. The lowest BCUT2D eigenvalue weighted by atomic mass is 10.5. The van der Waals surface area contributed by atoms with Gasteiger partial charge in [0.25, 0.3) is 0 Å². The average Bonchev–Trinajstić information content (AvgIpc) is 3.05. The maximum atomic E-state index is 11.2. The van der Waals surface area contributed by atoms with Crippen LogP contribution in [0.5, 0.6) is 0 Å². The molecule has 1 saturated carbocycles. The predicted octanol–water partition coefficient (Wildman–Crippen LogP) is 0.315. The molecule has 1 fully saturated rings. The third kappa shape index (κ3) is 5.34. The summed E-state index contributed by atoms with van der Waals surface area (Å²) in [7, 11) is 1.90. The third-order valence-corrected chi connectivity index (χ3v) is 2.28. The Morgan fingerprint density at radius 3 is 2.81 bits per heavy atom. The molecular weight excluding hydrogens is 319 g/mol. The molecule has 0 aromatic rings. The van der Waals surface area contributed by atoms with Crippen molar-refractivity contribution >= 4 is 35.8 Å². The lowest BCUT2D eigenvalue weighted by molar-refractivity contribution is -0.119. The van der Waals surface area contributed by atoms with Gasteiger partial charge in [-0.3, -0.25) is 4.79 Å². The Kier molecular flexibility index (Phi) is 7.11. The quantitative estimate of drug-likeness (QED) is 0.328. The summed E-state index contributed by atoms with van der Waals surface area (Å²) in [4.78, 5) is 17.1. The van der Waals surface area contributed by atoms with E-state index in [2.05, 4.69) is 16.9 Å². The normalized spacial score (nSPS) is 14.9. The van der Waals surface area contributed by atoms with Crippen molar-refractivity contribution in [2.45, 2.75) is 18.9 Å². The average molecular weight is 338 g/mol. The Bertz CT molecular complexity index is 276. The van der Waals surface area contributed by atoms with Crippen LogP contribution in [0.2, 0.25) is 0 Å². The van der Waals surface area contributed by atoms with Crippen LogP contribution in [0.1, 0.15) is 12.8 Å². The largest absolute Gasteiger partial charge is 0.370 e. The minimum absolute atomic E-state index is 0. The van der Waals surface area contributed by atoms with Crippen LogP contribution in [0, 0.1) is 0 Å². The summed E-state index contributed by atoms with van der Waals surface area (Å²) in [6, 6.07) is 0.519. The van der Waals surface area contributed by atoms with Gasteiger partial charge in [0.2, 0.25) is 5.91 Å². The first-order chi connectivity index (χ1) is 7.15. The molecule has 92 valence electrons. The van der Waals surface area contributed by atoms with Gasteiger partial charge in [0.1, 0.15) is 6.54 Å². The number of hydrogen-bond acceptors (Lipinski definition) is 2. The standard InChI is InChI=1S/C10H18N4O.HI/c1-3-6-12-9(15)7-13-10(11)14(2)8-4-5-8;/h3,8H,1,4-7H2,2H3,(H2,11,13)(H,12,15);1H. The summed E-state index contributed by atoms with van der Waals surface area (Å²) in [5.41, 5.74) is 5.71. The van der Waals surface area contributed by atoms with E-state index in [-0.39, 0.29) is 36.4 Å². The van der Waals surface area contributed by atoms with Gasteiger partial charge in [-0.05, 0) is 12.8 Å². The number of nitrogens with one attached hydrogen (secondary N) is 1. The highest BCUT2D eigenvalue weighted by Gasteiger charge is 2.27. The maximum absolute atomic E-state index is 11.2. The second kappa shape index (κ2) is 7.48. The lowest BCUT2D eigenvalue weighted by Crippen LogP contribution is -2.37. The second-order valence-corrected chi connectivity index (χ2v) is 3.61. The molecule has 0 aromatic carbocycles. The van der Waals surface area contributed by atoms with Gasteiger partial charge in [0, 0.05) is 19.6 Å². The van der Waals surface area contributed by atoms with Gasteiger partial charge in [-0.2, -0.15) is 0 Å². The predicted molar refractivity (Wildman–Crippen MR) is 75.9 cm³/mol. The molecule has 0 unspecified atom stereocenters. The first kappa shape index (κ1) is 15.2. The van der Waals surface area contributed by atoms with Gasteiger partial charge in [-0.15, -0.1) is 30.6 Å². The van der Waals surface area contributed by atoms with Gasteiger partial charge >= 0.3 is 0 Å². The number of guanidine groups is 1. The van der Waals surface area contributed by atoms with Crippen LogP contribution in [-0.4, -0.2) is 42.9 Å². The molecule has 1 aliphatic carbocycles. The molecule has 1 rings (SSSR count). The van der Waals surface area contributed by atoms with Crippen molar-refractivity contribution in [3.8, 4) is 0 Å². The van der Waals surface area contributed by atoms with E-state index in [9.17, 15) is 4.79 Å². The van der Waals surface area contributed by atoms with Crippen LogP contribution >= 0.6 is 24.0 Å². The number of aliphatic imine (C=N–C) groups is 1. The Labute approximate surface area is 113 Å². The van der Waals surface area contributed by atoms with Crippen molar-refractivity contribution in [1.29, 1.82) is 0 Å². The van der Waals surface area contributed by atoms with Gasteiger partial charge < -0.3 is 16.0 Å². The van der Waals surface area contributed by atoms with Crippen molar-refractivity contribution in [2.75, 3.05) is 20.1 Å². The van der Waals surface area contributed by atoms with E-state index in [1.54, 1.807) is 6.08 Å². The lowest BCUT2D eigenvalue weighted by Gasteiger charge is -2.16. The van der Waals surface area contributed by atoms with E-state index >= 15 is 0 Å². The van der Waals surface area contributed by atoms with Crippen LogP contribution in [0.3, 0.4) is 0 Å². The van der Waals surface area contributed by atoms with Crippen molar-refractivity contribution in [1.82, 2.24) is 10.2 Å². The zero-order chi connectivity index (χ0) is 11.3. The molecule has 0 aromatic heterocycles. The number of carbonyl (C=O) groups excluding carboxylic acids is 1. The number of hydrogen-bond donors (Lipinski definition) is 2. The SMILES string of the molecule is C=CCNC(=O)CN=C(N)N(C)C1CC1.I. The monoisotopic (exact) mass is 338 g/mol. The van der Waals surface area contributed by atoms with Crippen LogP contribution in [0.15, 0.2) is 17.6 Å².